The molecule has 0 unspecified atom stereocenters. The molecule has 1 aromatic carbocycles. The Morgan fingerprint density at radius 3 is 2.22 bits per heavy atom. The summed E-state index contributed by atoms with van der Waals surface area (Å²) in [6.07, 6.45) is 1.35. The Labute approximate surface area is 118 Å². The monoisotopic (exact) mass is 362 g/mol. The lowest BCUT2D eigenvalue weighted by Gasteiger charge is -2.04. The SMILES string of the molecule is COC(=O)C(=Cc1ccc(O)c(I)c1)C(=O)OC. The van der Waals surface area contributed by atoms with E-state index in [1.165, 1.54) is 26.4 Å². The number of phenols is 1. The number of halogens is 1. The predicted octanol–water partition coefficient (Wildman–Crippen LogP) is 1.73. The largest absolute Gasteiger partial charge is 0.507 e. The molecule has 0 bridgehead atoms. The minimum atomic E-state index is -0.773. The van der Waals surface area contributed by atoms with Gasteiger partial charge in [0.15, 0.2) is 0 Å². The summed E-state index contributed by atoms with van der Waals surface area (Å²) in [7, 11) is 2.36. The highest BCUT2D eigenvalue weighted by atomic mass is 127. The maximum Gasteiger partial charge on any atom is 0.345 e. The van der Waals surface area contributed by atoms with Gasteiger partial charge in [0.25, 0.3) is 0 Å². The average molecular weight is 362 g/mol. The van der Waals surface area contributed by atoms with Crippen LogP contribution in [0.15, 0.2) is 23.8 Å². The van der Waals surface area contributed by atoms with Crippen LogP contribution < -0.4 is 0 Å². The van der Waals surface area contributed by atoms with Gasteiger partial charge in [0.2, 0.25) is 0 Å². The second kappa shape index (κ2) is 6.39. The van der Waals surface area contributed by atoms with Crippen molar-refractivity contribution in [2.45, 2.75) is 0 Å². The molecule has 0 spiro atoms. The lowest BCUT2D eigenvalue weighted by atomic mass is 10.1. The maximum absolute atomic E-state index is 11.4. The molecule has 0 saturated heterocycles. The van der Waals surface area contributed by atoms with Crippen LogP contribution in [-0.4, -0.2) is 31.3 Å². The van der Waals surface area contributed by atoms with Crippen LogP contribution in [0.3, 0.4) is 0 Å². The number of ether oxygens (including phenoxy) is 2. The summed E-state index contributed by atoms with van der Waals surface area (Å²) < 4.78 is 9.61. The lowest BCUT2D eigenvalue weighted by Crippen LogP contribution is -2.15. The van der Waals surface area contributed by atoms with Crippen molar-refractivity contribution in [1.29, 1.82) is 0 Å². The van der Waals surface area contributed by atoms with Crippen LogP contribution in [-0.2, 0) is 19.1 Å². The second-order valence-electron chi connectivity index (χ2n) is 3.25. The molecule has 96 valence electrons. The minimum Gasteiger partial charge on any atom is -0.507 e. The number of rotatable bonds is 3. The number of benzene rings is 1. The van der Waals surface area contributed by atoms with Crippen molar-refractivity contribution in [2.75, 3.05) is 14.2 Å². The summed E-state index contributed by atoms with van der Waals surface area (Å²) >= 11 is 1.94. The van der Waals surface area contributed by atoms with Crippen LogP contribution in [0.5, 0.6) is 5.75 Å². The maximum atomic E-state index is 11.4. The van der Waals surface area contributed by atoms with Gasteiger partial charge in [0, 0.05) is 0 Å². The van der Waals surface area contributed by atoms with Crippen LogP contribution in [0.2, 0.25) is 0 Å². The Bertz CT molecular complexity index is 489. The molecule has 0 heterocycles. The van der Waals surface area contributed by atoms with Crippen molar-refractivity contribution in [2.24, 2.45) is 0 Å². The molecule has 0 atom stereocenters. The molecule has 0 amide bonds. The van der Waals surface area contributed by atoms with Gasteiger partial charge in [-0.2, -0.15) is 0 Å². The van der Waals surface area contributed by atoms with Crippen molar-refractivity contribution in [3.63, 3.8) is 0 Å². The van der Waals surface area contributed by atoms with E-state index in [0.29, 0.717) is 9.13 Å². The van der Waals surface area contributed by atoms with E-state index in [0.717, 1.165) is 0 Å². The van der Waals surface area contributed by atoms with Crippen molar-refractivity contribution in [1.82, 2.24) is 0 Å². The molecule has 0 radical (unpaired) electrons. The number of carbonyl (C=O) groups is 2. The summed E-state index contributed by atoms with van der Waals surface area (Å²) in [5.74, 6) is -1.42. The van der Waals surface area contributed by atoms with E-state index in [9.17, 15) is 14.7 Å². The molecule has 18 heavy (non-hydrogen) atoms. The van der Waals surface area contributed by atoms with Crippen molar-refractivity contribution in [3.05, 3.63) is 32.9 Å². The number of carbonyl (C=O) groups excluding carboxylic acids is 2. The standard InChI is InChI=1S/C12H11IO5/c1-17-11(15)8(12(16)18-2)5-7-3-4-10(14)9(13)6-7/h3-6,14H,1-2H3. The van der Waals surface area contributed by atoms with Gasteiger partial charge in [-0.25, -0.2) is 9.59 Å². The van der Waals surface area contributed by atoms with Crippen LogP contribution in [0.1, 0.15) is 5.56 Å². The lowest BCUT2D eigenvalue weighted by molar-refractivity contribution is -0.143. The number of esters is 2. The third-order valence-electron chi connectivity index (χ3n) is 2.09. The summed E-state index contributed by atoms with van der Waals surface area (Å²) in [6.45, 7) is 0. The molecule has 5 nitrogen and oxygen atoms in total. The van der Waals surface area contributed by atoms with E-state index in [2.05, 4.69) is 9.47 Å². The van der Waals surface area contributed by atoms with Gasteiger partial charge in [-0.1, -0.05) is 6.07 Å². The molecule has 0 aliphatic rings. The molecule has 1 aromatic rings. The van der Waals surface area contributed by atoms with Gasteiger partial charge in [-0.3, -0.25) is 0 Å². The Balaban J connectivity index is 3.19. The molecule has 0 aliphatic heterocycles. The van der Waals surface area contributed by atoms with Gasteiger partial charge in [-0.05, 0) is 46.4 Å². The van der Waals surface area contributed by atoms with Crippen LogP contribution in [0.25, 0.3) is 6.08 Å². The Morgan fingerprint density at radius 2 is 1.78 bits per heavy atom. The van der Waals surface area contributed by atoms with Gasteiger partial charge >= 0.3 is 11.9 Å². The summed E-state index contributed by atoms with van der Waals surface area (Å²) in [6, 6.07) is 4.67. The zero-order chi connectivity index (χ0) is 13.7. The molecule has 6 heteroatoms. The third-order valence-corrected chi connectivity index (χ3v) is 2.96. The minimum absolute atomic E-state index is 0.130. The van der Waals surface area contributed by atoms with Crippen molar-refractivity contribution >= 4 is 40.6 Å². The molecule has 1 rings (SSSR count). The highest BCUT2D eigenvalue weighted by Crippen LogP contribution is 2.22. The zero-order valence-electron chi connectivity index (χ0n) is 9.77. The predicted molar refractivity (Wildman–Crippen MR) is 72.8 cm³/mol. The Kier molecular flexibility index (Phi) is 5.14. The van der Waals surface area contributed by atoms with Gasteiger partial charge < -0.3 is 14.6 Å². The first kappa shape index (κ1) is 14.5. The van der Waals surface area contributed by atoms with E-state index >= 15 is 0 Å². The molecule has 0 aliphatic carbocycles. The van der Waals surface area contributed by atoms with E-state index in [1.54, 1.807) is 12.1 Å². The van der Waals surface area contributed by atoms with E-state index in [-0.39, 0.29) is 11.3 Å². The first-order valence-electron chi connectivity index (χ1n) is 4.86. The highest BCUT2D eigenvalue weighted by molar-refractivity contribution is 14.1. The quantitative estimate of drug-likeness (QED) is 0.292. The van der Waals surface area contributed by atoms with Gasteiger partial charge in [0.05, 0.1) is 17.8 Å². The Morgan fingerprint density at radius 1 is 1.22 bits per heavy atom. The fourth-order valence-corrected chi connectivity index (χ4v) is 1.74. The molecule has 0 aromatic heterocycles. The van der Waals surface area contributed by atoms with Gasteiger partial charge in [0.1, 0.15) is 11.3 Å². The topological polar surface area (TPSA) is 72.8 Å². The zero-order valence-corrected chi connectivity index (χ0v) is 11.9. The third kappa shape index (κ3) is 3.46. The summed E-state index contributed by atoms with van der Waals surface area (Å²) in [5, 5.41) is 9.38. The fourth-order valence-electron chi connectivity index (χ4n) is 1.20. The molecular formula is C12H11IO5. The summed E-state index contributed by atoms with van der Waals surface area (Å²) in [5.41, 5.74) is 0.379. The fraction of sp³-hybridized carbons (Fsp3) is 0.167. The highest BCUT2D eigenvalue weighted by Gasteiger charge is 2.19. The smallest absolute Gasteiger partial charge is 0.345 e. The Hall–Kier alpha value is -1.57. The molecule has 0 fully saturated rings. The second-order valence-corrected chi connectivity index (χ2v) is 4.41. The van der Waals surface area contributed by atoms with Crippen molar-refractivity contribution < 1.29 is 24.2 Å². The first-order valence-corrected chi connectivity index (χ1v) is 5.94. The number of phenolic OH excluding ortho intramolecular Hbond substituents is 1. The number of hydrogen-bond acceptors (Lipinski definition) is 5. The summed E-state index contributed by atoms with van der Waals surface area (Å²) in [4.78, 5) is 22.9. The first-order chi connectivity index (χ1) is 8.49. The van der Waals surface area contributed by atoms with E-state index in [1.807, 2.05) is 22.6 Å². The normalized spacial score (nSPS) is 9.50. The van der Waals surface area contributed by atoms with Crippen LogP contribution in [0, 0.1) is 3.57 Å². The van der Waals surface area contributed by atoms with E-state index < -0.39 is 11.9 Å². The van der Waals surface area contributed by atoms with E-state index in [4.69, 9.17) is 0 Å². The number of aromatic hydroxyl groups is 1. The molecular weight excluding hydrogens is 351 g/mol. The van der Waals surface area contributed by atoms with Crippen molar-refractivity contribution in [3.8, 4) is 5.75 Å². The molecule has 0 saturated carbocycles. The van der Waals surface area contributed by atoms with Crippen LogP contribution in [0.4, 0.5) is 0 Å². The number of hydrogen-bond donors (Lipinski definition) is 1. The molecule has 1 N–H and O–H groups in total. The number of methoxy groups -OCH3 is 2. The van der Waals surface area contributed by atoms with Crippen LogP contribution >= 0.6 is 22.6 Å². The van der Waals surface area contributed by atoms with Gasteiger partial charge in [-0.15, -0.1) is 0 Å². The average Bonchev–Trinajstić information content (AvgIpc) is 2.38.